The first-order valence-electron chi connectivity index (χ1n) is 6.57. The summed E-state index contributed by atoms with van der Waals surface area (Å²) >= 11 is 0. The van der Waals surface area contributed by atoms with Gasteiger partial charge in [-0.3, -0.25) is 4.79 Å². The largest absolute Gasteiger partial charge is 0.384 e. The van der Waals surface area contributed by atoms with E-state index in [2.05, 4.69) is 17.2 Å². The number of aliphatic hydroxyl groups is 1. The molecule has 5 nitrogen and oxygen atoms in total. The Bertz CT molecular complexity index is 715. The molecule has 1 aromatic rings. The Morgan fingerprint density at radius 2 is 2.14 bits per heavy atom. The summed E-state index contributed by atoms with van der Waals surface area (Å²) in [5.41, 5.74) is 0.144. The molecule has 0 aromatic heterocycles. The number of benzene rings is 1. The summed E-state index contributed by atoms with van der Waals surface area (Å²) in [6.45, 7) is 1.45. The lowest BCUT2D eigenvalue weighted by Crippen LogP contribution is -2.47. The second-order valence-corrected chi connectivity index (χ2v) is 7.55. The fraction of sp³-hybridized carbons (Fsp3) is 0.400. The van der Waals surface area contributed by atoms with Gasteiger partial charge in [0.1, 0.15) is 6.61 Å². The molecule has 6 heteroatoms. The highest BCUT2D eigenvalue weighted by atomic mass is 32.2. The van der Waals surface area contributed by atoms with Crippen molar-refractivity contribution in [2.75, 3.05) is 18.1 Å². The van der Waals surface area contributed by atoms with Gasteiger partial charge in [0.15, 0.2) is 9.84 Å². The smallest absolute Gasteiger partial charge is 0.252 e. The fourth-order valence-corrected chi connectivity index (χ4v) is 4.47. The van der Waals surface area contributed by atoms with Gasteiger partial charge in [-0.2, -0.15) is 0 Å². The summed E-state index contributed by atoms with van der Waals surface area (Å²) in [5, 5.41) is 11.5. The normalized spacial score (nSPS) is 23.1. The summed E-state index contributed by atoms with van der Waals surface area (Å²) < 4.78 is 23.1. The van der Waals surface area contributed by atoms with Crippen LogP contribution in [0.3, 0.4) is 0 Å². The second-order valence-electron chi connectivity index (χ2n) is 5.36. The minimum Gasteiger partial charge on any atom is -0.384 e. The topological polar surface area (TPSA) is 83.5 Å². The van der Waals surface area contributed by atoms with Crippen molar-refractivity contribution in [3.05, 3.63) is 35.4 Å². The number of hydrogen-bond donors (Lipinski definition) is 2. The zero-order valence-electron chi connectivity index (χ0n) is 11.7. The molecule has 2 N–H and O–H groups in total. The minimum atomic E-state index is -3.08. The fourth-order valence-electron chi connectivity index (χ4n) is 2.38. The number of aliphatic hydroxyl groups excluding tert-OH is 1. The Morgan fingerprint density at radius 1 is 1.43 bits per heavy atom. The van der Waals surface area contributed by atoms with E-state index in [9.17, 15) is 13.2 Å². The molecule has 1 atom stereocenters. The van der Waals surface area contributed by atoms with E-state index in [4.69, 9.17) is 5.11 Å². The van der Waals surface area contributed by atoms with Gasteiger partial charge in [0.25, 0.3) is 5.91 Å². The number of carbonyl (C=O) groups excluding carboxylic acids is 1. The van der Waals surface area contributed by atoms with Crippen molar-refractivity contribution in [3.63, 3.8) is 0 Å². The average molecular weight is 307 g/mol. The number of nitrogens with one attached hydrogen (secondary N) is 1. The van der Waals surface area contributed by atoms with E-state index in [0.717, 1.165) is 0 Å². The molecule has 112 valence electrons. The van der Waals surface area contributed by atoms with Crippen LogP contribution in [-0.4, -0.2) is 43.1 Å². The van der Waals surface area contributed by atoms with Crippen molar-refractivity contribution >= 4 is 15.7 Å². The molecule has 0 radical (unpaired) electrons. The van der Waals surface area contributed by atoms with E-state index in [-0.39, 0.29) is 24.0 Å². The molecular formula is C15H17NO4S. The van der Waals surface area contributed by atoms with Gasteiger partial charge in [0, 0.05) is 5.56 Å². The average Bonchev–Trinajstić information content (AvgIpc) is 2.70. The third-order valence-corrected chi connectivity index (χ3v) is 5.30. The lowest BCUT2D eigenvalue weighted by Gasteiger charge is -2.24. The highest BCUT2D eigenvalue weighted by Gasteiger charge is 2.39. The second kappa shape index (κ2) is 5.88. The monoisotopic (exact) mass is 307 g/mol. The van der Waals surface area contributed by atoms with Crippen LogP contribution >= 0.6 is 0 Å². The van der Waals surface area contributed by atoms with Gasteiger partial charge in [-0.25, -0.2) is 8.42 Å². The van der Waals surface area contributed by atoms with E-state index >= 15 is 0 Å². The number of sulfone groups is 1. The van der Waals surface area contributed by atoms with Crippen LogP contribution in [0.5, 0.6) is 0 Å². The quantitative estimate of drug-likeness (QED) is 0.772. The summed E-state index contributed by atoms with van der Waals surface area (Å²) in [5.74, 6) is 4.92. The van der Waals surface area contributed by atoms with E-state index in [1.165, 1.54) is 0 Å². The molecule has 0 saturated carbocycles. The van der Waals surface area contributed by atoms with Crippen LogP contribution in [0.4, 0.5) is 0 Å². The summed E-state index contributed by atoms with van der Waals surface area (Å²) in [4.78, 5) is 12.4. The summed E-state index contributed by atoms with van der Waals surface area (Å²) in [6, 6.07) is 6.78. The Balaban J connectivity index is 2.22. The number of amides is 1. The van der Waals surface area contributed by atoms with Gasteiger partial charge in [0.05, 0.1) is 22.6 Å². The van der Waals surface area contributed by atoms with Crippen LogP contribution < -0.4 is 5.32 Å². The Labute approximate surface area is 124 Å². The van der Waals surface area contributed by atoms with Crippen LogP contribution in [-0.2, 0) is 9.84 Å². The maximum atomic E-state index is 12.4. The first-order chi connectivity index (χ1) is 9.85. The third-order valence-electron chi connectivity index (χ3n) is 3.39. The van der Waals surface area contributed by atoms with E-state index in [1.807, 2.05) is 0 Å². The first-order valence-corrected chi connectivity index (χ1v) is 8.39. The maximum Gasteiger partial charge on any atom is 0.252 e. The minimum absolute atomic E-state index is 0.0454. The van der Waals surface area contributed by atoms with Gasteiger partial charge < -0.3 is 10.4 Å². The number of rotatable bonds is 2. The molecule has 1 amide bonds. The SMILES string of the molecule is CC1(NC(=O)c2ccccc2C#CCO)CCS(=O)(=O)C1. The van der Waals surface area contributed by atoms with Crippen LogP contribution in [0, 0.1) is 11.8 Å². The molecule has 1 heterocycles. The van der Waals surface area contributed by atoms with Crippen molar-refractivity contribution in [3.8, 4) is 11.8 Å². The lowest BCUT2D eigenvalue weighted by molar-refractivity contribution is 0.0915. The van der Waals surface area contributed by atoms with Crippen molar-refractivity contribution in [1.29, 1.82) is 0 Å². The molecule has 0 aliphatic carbocycles. The molecule has 2 rings (SSSR count). The highest BCUT2D eigenvalue weighted by Crippen LogP contribution is 2.23. The van der Waals surface area contributed by atoms with Crippen molar-refractivity contribution in [1.82, 2.24) is 5.32 Å². The molecule has 1 aromatic carbocycles. The molecule has 1 aliphatic heterocycles. The third kappa shape index (κ3) is 3.84. The molecule has 1 fully saturated rings. The van der Waals surface area contributed by atoms with Gasteiger partial charge in [-0.05, 0) is 25.5 Å². The summed E-state index contributed by atoms with van der Waals surface area (Å²) in [7, 11) is -3.08. The highest BCUT2D eigenvalue weighted by molar-refractivity contribution is 7.91. The summed E-state index contributed by atoms with van der Waals surface area (Å²) in [6.07, 6.45) is 0.408. The maximum absolute atomic E-state index is 12.4. The molecule has 1 unspecified atom stereocenters. The lowest BCUT2D eigenvalue weighted by atomic mass is 10.00. The predicted molar refractivity (Wildman–Crippen MR) is 79.5 cm³/mol. The molecular weight excluding hydrogens is 290 g/mol. The Kier molecular flexibility index (Phi) is 4.35. The van der Waals surface area contributed by atoms with Crippen LogP contribution in [0.1, 0.15) is 29.3 Å². The standard InChI is InChI=1S/C15H17NO4S/c1-15(8-10-21(19,20)11-15)16-14(18)13-7-3-2-5-12(13)6-4-9-17/h2-3,5,7,17H,8-11H2,1H3,(H,16,18). The van der Waals surface area contributed by atoms with E-state index in [0.29, 0.717) is 17.5 Å². The molecule has 0 spiro atoms. The zero-order chi connectivity index (χ0) is 15.5. The van der Waals surface area contributed by atoms with Gasteiger partial charge >= 0.3 is 0 Å². The van der Waals surface area contributed by atoms with Crippen LogP contribution in [0.15, 0.2) is 24.3 Å². The van der Waals surface area contributed by atoms with Crippen molar-refractivity contribution in [2.45, 2.75) is 18.9 Å². The van der Waals surface area contributed by atoms with Gasteiger partial charge in [-0.1, -0.05) is 24.0 Å². The number of carbonyl (C=O) groups is 1. The van der Waals surface area contributed by atoms with Gasteiger partial charge in [-0.15, -0.1) is 0 Å². The van der Waals surface area contributed by atoms with Gasteiger partial charge in [0.2, 0.25) is 0 Å². The van der Waals surface area contributed by atoms with Crippen LogP contribution in [0.2, 0.25) is 0 Å². The van der Waals surface area contributed by atoms with Crippen LogP contribution in [0.25, 0.3) is 0 Å². The molecule has 0 bridgehead atoms. The first kappa shape index (κ1) is 15.5. The Morgan fingerprint density at radius 3 is 2.76 bits per heavy atom. The predicted octanol–water partition coefficient (Wildman–Crippen LogP) is 0.337. The number of hydrogen-bond acceptors (Lipinski definition) is 4. The molecule has 1 aliphatic rings. The Hall–Kier alpha value is -1.84. The molecule has 21 heavy (non-hydrogen) atoms. The van der Waals surface area contributed by atoms with Crippen molar-refractivity contribution < 1.29 is 18.3 Å². The van der Waals surface area contributed by atoms with E-state index < -0.39 is 15.4 Å². The zero-order valence-corrected chi connectivity index (χ0v) is 12.5. The van der Waals surface area contributed by atoms with Crippen molar-refractivity contribution in [2.24, 2.45) is 0 Å². The molecule has 1 saturated heterocycles. The van der Waals surface area contributed by atoms with E-state index in [1.54, 1.807) is 31.2 Å².